The van der Waals surface area contributed by atoms with Crippen LogP contribution in [0.2, 0.25) is 5.02 Å². The van der Waals surface area contributed by atoms with E-state index in [1.54, 1.807) is 13.8 Å². The van der Waals surface area contributed by atoms with Crippen molar-refractivity contribution in [2.75, 3.05) is 18.4 Å². The van der Waals surface area contributed by atoms with Crippen molar-refractivity contribution in [1.29, 1.82) is 0 Å². The van der Waals surface area contributed by atoms with Crippen molar-refractivity contribution < 1.29 is 22.8 Å². The van der Waals surface area contributed by atoms with Gasteiger partial charge in [-0.1, -0.05) is 31.4 Å². The van der Waals surface area contributed by atoms with Crippen molar-refractivity contribution in [2.24, 2.45) is 5.92 Å². The van der Waals surface area contributed by atoms with E-state index in [9.17, 15) is 22.8 Å². The molecule has 1 rings (SSSR count). The molecular weight excluding hydrogens is 371 g/mol. The lowest BCUT2D eigenvalue weighted by molar-refractivity contribution is -0.137. The van der Waals surface area contributed by atoms with E-state index < -0.39 is 29.6 Å². The summed E-state index contributed by atoms with van der Waals surface area (Å²) >= 11 is 5.90. The highest BCUT2D eigenvalue weighted by Crippen LogP contribution is 2.34. The summed E-state index contributed by atoms with van der Waals surface area (Å²) < 4.78 is 38.1. The predicted molar refractivity (Wildman–Crippen MR) is 93.6 cm³/mol. The molecule has 0 aliphatic rings. The molecule has 1 aromatic carbocycles. The second-order valence-electron chi connectivity index (χ2n) is 5.76. The maximum atomic E-state index is 12.7. The van der Waals surface area contributed by atoms with Gasteiger partial charge in [-0.25, -0.2) is 0 Å². The molecule has 0 fully saturated rings. The first-order chi connectivity index (χ1) is 12.1. The minimum atomic E-state index is -4.51. The Morgan fingerprint density at radius 3 is 2.42 bits per heavy atom. The summed E-state index contributed by atoms with van der Waals surface area (Å²) in [6, 6.07) is 2.01. The average molecular weight is 390 g/mol. The molecule has 0 aliphatic carbocycles. The number of terminal acetylenes is 1. The summed E-state index contributed by atoms with van der Waals surface area (Å²) in [6.07, 6.45) is 0.502. The third kappa shape index (κ3) is 6.48. The van der Waals surface area contributed by atoms with Crippen molar-refractivity contribution in [3.8, 4) is 12.3 Å². The lowest BCUT2D eigenvalue weighted by atomic mass is 10.0. The number of hydrogen-bond acceptors (Lipinski definition) is 3. The van der Waals surface area contributed by atoms with Crippen LogP contribution in [-0.2, 0) is 15.8 Å². The number of carbonyl (C=O) groups is 2. The number of nitrogens with one attached hydrogen (secondary N) is 3. The molecule has 26 heavy (non-hydrogen) atoms. The van der Waals surface area contributed by atoms with Gasteiger partial charge in [0.15, 0.2) is 0 Å². The Morgan fingerprint density at radius 1 is 1.27 bits per heavy atom. The molecule has 1 atom stereocenters. The second-order valence-corrected chi connectivity index (χ2v) is 6.16. The lowest BCUT2D eigenvalue weighted by Gasteiger charge is -2.23. The van der Waals surface area contributed by atoms with Gasteiger partial charge in [0.05, 0.1) is 29.4 Å². The summed E-state index contributed by atoms with van der Waals surface area (Å²) in [5.74, 6) is 1.06. The maximum Gasteiger partial charge on any atom is 0.416 e. The van der Waals surface area contributed by atoms with E-state index in [0.29, 0.717) is 0 Å². The molecule has 0 unspecified atom stereocenters. The van der Waals surface area contributed by atoms with E-state index in [2.05, 4.69) is 21.9 Å². The monoisotopic (exact) mass is 389 g/mol. The Labute approximate surface area is 154 Å². The topological polar surface area (TPSA) is 70.2 Å². The Kier molecular flexibility index (Phi) is 7.77. The molecule has 0 saturated carbocycles. The van der Waals surface area contributed by atoms with Gasteiger partial charge in [-0.2, -0.15) is 13.2 Å². The highest BCUT2D eigenvalue weighted by molar-refractivity contribution is 6.33. The molecule has 142 valence electrons. The van der Waals surface area contributed by atoms with Gasteiger partial charge in [0.2, 0.25) is 11.8 Å². The van der Waals surface area contributed by atoms with Gasteiger partial charge in [-0.15, -0.1) is 6.42 Å². The number of amides is 2. The minimum Gasteiger partial charge on any atom is -0.372 e. The van der Waals surface area contributed by atoms with Crippen molar-refractivity contribution in [3.05, 3.63) is 28.8 Å². The first kappa shape index (κ1) is 21.6. The SMILES string of the molecule is C#CCNC(=O)CNC(=O)[C@@H](Nc1ccc(C(F)(F)F)cc1Cl)C(C)C. The van der Waals surface area contributed by atoms with E-state index in [-0.39, 0.29) is 29.7 Å². The quantitative estimate of drug-likeness (QED) is 0.628. The van der Waals surface area contributed by atoms with Crippen LogP contribution in [0.1, 0.15) is 19.4 Å². The van der Waals surface area contributed by atoms with Crippen molar-refractivity contribution in [2.45, 2.75) is 26.1 Å². The molecule has 0 heterocycles. The Balaban J connectivity index is 2.81. The average Bonchev–Trinajstić information content (AvgIpc) is 2.55. The maximum absolute atomic E-state index is 12.7. The summed E-state index contributed by atoms with van der Waals surface area (Å²) in [7, 11) is 0. The van der Waals surface area contributed by atoms with E-state index in [1.807, 2.05) is 0 Å². The van der Waals surface area contributed by atoms with E-state index in [4.69, 9.17) is 18.0 Å². The number of anilines is 1. The van der Waals surface area contributed by atoms with Gasteiger partial charge < -0.3 is 16.0 Å². The number of benzene rings is 1. The van der Waals surface area contributed by atoms with Crippen molar-refractivity contribution in [3.63, 3.8) is 0 Å². The van der Waals surface area contributed by atoms with E-state index in [1.165, 1.54) is 0 Å². The molecular formula is C17H19ClF3N3O2. The molecule has 3 N–H and O–H groups in total. The fourth-order valence-corrected chi connectivity index (χ4v) is 2.24. The molecule has 1 aromatic rings. The number of rotatable bonds is 7. The highest BCUT2D eigenvalue weighted by Gasteiger charge is 2.31. The fraction of sp³-hybridized carbons (Fsp3) is 0.412. The molecule has 0 radical (unpaired) electrons. The number of alkyl halides is 3. The standard InChI is InChI=1S/C17H19ClF3N3O2/c1-4-7-22-14(25)9-23-16(26)15(10(2)3)24-13-6-5-11(8-12(13)18)17(19,20)21/h1,5-6,8,10,15,24H,7,9H2,2-3H3,(H,22,25)(H,23,26)/t15-/m0/s1. The summed E-state index contributed by atoms with van der Waals surface area (Å²) in [5, 5.41) is 7.49. The first-order valence-electron chi connectivity index (χ1n) is 7.67. The fourth-order valence-electron chi connectivity index (χ4n) is 2.00. The van der Waals surface area contributed by atoms with Crippen LogP contribution in [0.5, 0.6) is 0 Å². The molecule has 0 saturated heterocycles. The molecule has 0 aliphatic heterocycles. The number of hydrogen-bond donors (Lipinski definition) is 3. The lowest BCUT2D eigenvalue weighted by Crippen LogP contribution is -2.46. The summed E-state index contributed by atoms with van der Waals surface area (Å²) in [5.41, 5.74) is -0.700. The third-order valence-corrected chi connectivity index (χ3v) is 3.68. The molecule has 0 aromatic heterocycles. The van der Waals surface area contributed by atoms with Gasteiger partial charge in [-0.3, -0.25) is 9.59 Å². The first-order valence-corrected chi connectivity index (χ1v) is 8.05. The van der Waals surface area contributed by atoms with Crippen LogP contribution in [0.15, 0.2) is 18.2 Å². The molecule has 9 heteroatoms. The van der Waals surface area contributed by atoms with Crippen LogP contribution in [0.25, 0.3) is 0 Å². The largest absolute Gasteiger partial charge is 0.416 e. The zero-order valence-corrected chi connectivity index (χ0v) is 15.0. The third-order valence-electron chi connectivity index (χ3n) is 3.37. The molecule has 0 bridgehead atoms. The zero-order valence-electron chi connectivity index (χ0n) is 14.2. The van der Waals surface area contributed by atoms with Crippen molar-refractivity contribution >= 4 is 29.1 Å². The van der Waals surface area contributed by atoms with Gasteiger partial charge in [0.25, 0.3) is 0 Å². The number of carbonyl (C=O) groups excluding carboxylic acids is 2. The molecule has 2 amide bonds. The van der Waals surface area contributed by atoms with Crippen LogP contribution < -0.4 is 16.0 Å². The minimum absolute atomic E-state index is 0.0434. The van der Waals surface area contributed by atoms with Crippen molar-refractivity contribution in [1.82, 2.24) is 10.6 Å². The Morgan fingerprint density at radius 2 is 1.92 bits per heavy atom. The van der Waals surface area contributed by atoms with Gasteiger partial charge in [0.1, 0.15) is 6.04 Å². The Bertz CT molecular complexity index is 699. The molecule has 5 nitrogen and oxygen atoms in total. The second kappa shape index (κ2) is 9.34. The van der Waals surface area contributed by atoms with Gasteiger partial charge in [0, 0.05) is 0 Å². The predicted octanol–water partition coefficient (Wildman–Crippen LogP) is 2.66. The van der Waals surface area contributed by atoms with Gasteiger partial charge in [-0.05, 0) is 24.1 Å². The van der Waals surface area contributed by atoms with Crippen LogP contribution in [-0.4, -0.2) is 30.9 Å². The smallest absolute Gasteiger partial charge is 0.372 e. The molecule has 0 spiro atoms. The highest BCUT2D eigenvalue weighted by atomic mass is 35.5. The van der Waals surface area contributed by atoms with Crippen LogP contribution in [0.4, 0.5) is 18.9 Å². The zero-order chi connectivity index (χ0) is 19.9. The van der Waals surface area contributed by atoms with E-state index in [0.717, 1.165) is 18.2 Å². The van der Waals surface area contributed by atoms with Crippen LogP contribution in [0, 0.1) is 18.3 Å². The van der Waals surface area contributed by atoms with E-state index >= 15 is 0 Å². The summed E-state index contributed by atoms with van der Waals surface area (Å²) in [4.78, 5) is 23.8. The van der Waals surface area contributed by atoms with Gasteiger partial charge >= 0.3 is 6.18 Å². The summed E-state index contributed by atoms with van der Waals surface area (Å²) in [6.45, 7) is 3.26. The van der Waals surface area contributed by atoms with Crippen LogP contribution in [0.3, 0.4) is 0 Å². The normalized spacial score (nSPS) is 12.2. The number of halogens is 4. The van der Waals surface area contributed by atoms with Crippen LogP contribution >= 0.6 is 11.6 Å². The Hall–Kier alpha value is -2.40.